The summed E-state index contributed by atoms with van der Waals surface area (Å²) in [7, 11) is 4.82. The quantitative estimate of drug-likeness (QED) is 0.555. The van der Waals surface area contributed by atoms with Crippen LogP contribution in [0.4, 0.5) is 0 Å². The first-order chi connectivity index (χ1) is 14.8. The van der Waals surface area contributed by atoms with Crippen LogP contribution in [0.5, 0.6) is 11.5 Å². The Balaban J connectivity index is 2.06. The van der Waals surface area contributed by atoms with Crippen molar-refractivity contribution in [2.24, 2.45) is 5.92 Å². The lowest BCUT2D eigenvalue weighted by Gasteiger charge is -2.20. The molecule has 0 N–H and O–H groups in total. The highest BCUT2D eigenvalue weighted by atomic mass is 16.5. The van der Waals surface area contributed by atoms with Gasteiger partial charge in [-0.2, -0.15) is 0 Å². The molecule has 0 aliphatic heterocycles. The van der Waals surface area contributed by atoms with Gasteiger partial charge in [0.1, 0.15) is 0 Å². The second kappa shape index (κ2) is 9.64. The lowest BCUT2D eigenvalue weighted by molar-refractivity contribution is 0.0797. The Labute approximate surface area is 182 Å². The molecule has 3 aromatic rings. The van der Waals surface area contributed by atoms with Gasteiger partial charge in [0.05, 0.1) is 25.2 Å². The molecule has 0 unspecified atom stereocenters. The predicted molar refractivity (Wildman–Crippen MR) is 121 cm³/mol. The molecule has 0 spiro atoms. The number of methoxy groups -OCH3 is 2. The van der Waals surface area contributed by atoms with Gasteiger partial charge in [0.15, 0.2) is 11.5 Å². The zero-order valence-corrected chi connectivity index (χ0v) is 18.7. The number of nitrogens with zero attached hydrogens (tertiary/aromatic N) is 3. The molecular weight excluding hydrogens is 394 g/mol. The SMILES string of the molecule is COc1cc2c(C(=O)N(C)CCc3ccccn3)cn(CC(C)C)c(=O)c2cc1OC. The van der Waals surface area contributed by atoms with Crippen molar-refractivity contribution in [3.05, 3.63) is 64.3 Å². The highest BCUT2D eigenvalue weighted by Crippen LogP contribution is 2.32. The molecule has 7 nitrogen and oxygen atoms in total. The average molecular weight is 424 g/mol. The molecule has 1 aromatic carbocycles. The minimum absolute atomic E-state index is 0.155. The number of amides is 1. The molecule has 31 heavy (non-hydrogen) atoms. The first-order valence-corrected chi connectivity index (χ1v) is 10.3. The van der Waals surface area contributed by atoms with Crippen molar-refractivity contribution >= 4 is 16.7 Å². The number of carbonyl (C=O) groups is 1. The smallest absolute Gasteiger partial charge is 0.258 e. The van der Waals surface area contributed by atoms with Crippen LogP contribution in [-0.2, 0) is 13.0 Å². The van der Waals surface area contributed by atoms with Gasteiger partial charge in [0, 0.05) is 50.0 Å². The summed E-state index contributed by atoms with van der Waals surface area (Å²) in [6.07, 6.45) is 4.05. The van der Waals surface area contributed by atoms with Crippen molar-refractivity contribution in [1.82, 2.24) is 14.5 Å². The van der Waals surface area contributed by atoms with Gasteiger partial charge in [-0.1, -0.05) is 19.9 Å². The summed E-state index contributed by atoms with van der Waals surface area (Å²) >= 11 is 0. The lowest BCUT2D eigenvalue weighted by atomic mass is 10.0. The van der Waals surface area contributed by atoms with Crippen molar-refractivity contribution in [3.8, 4) is 11.5 Å². The Hall–Kier alpha value is -3.35. The first-order valence-electron chi connectivity index (χ1n) is 10.3. The zero-order valence-electron chi connectivity index (χ0n) is 18.7. The number of ether oxygens (including phenoxy) is 2. The fraction of sp³-hybridized carbons (Fsp3) is 0.375. The van der Waals surface area contributed by atoms with Gasteiger partial charge < -0.3 is 18.9 Å². The number of carbonyl (C=O) groups excluding carboxylic acids is 1. The van der Waals surface area contributed by atoms with Gasteiger partial charge in [0.25, 0.3) is 11.5 Å². The second-order valence-electron chi connectivity index (χ2n) is 7.94. The standard InChI is InChI=1S/C24H29N3O4/c1-16(2)14-27-15-20(23(28)26(3)11-9-17-8-6-7-10-25-17)18-12-21(30-4)22(31-5)13-19(18)24(27)29/h6-8,10,12-13,15-16H,9,11,14H2,1-5H3. The van der Waals surface area contributed by atoms with Crippen LogP contribution in [-0.4, -0.2) is 48.2 Å². The summed E-state index contributed by atoms with van der Waals surface area (Å²) < 4.78 is 12.4. The fourth-order valence-electron chi connectivity index (χ4n) is 3.55. The number of hydrogen-bond donors (Lipinski definition) is 0. The third-order valence-electron chi connectivity index (χ3n) is 5.16. The maximum absolute atomic E-state index is 13.4. The van der Waals surface area contributed by atoms with Crippen LogP contribution in [0.15, 0.2) is 47.5 Å². The van der Waals surface area contributed by atoms with E-state index in [1.54, 1.807) is 41.0 Å². The van der Waals surface area contributed by atoms with Gasteiger partial charge >= 0.3 is 0 Å². The predicted octanol–water partition coefficient (Wildman–Crippen LogP) is 3.38. The van der Waals surface area contributed by atoms with Gasteiger partial charge in [-0.25, -0.2) is 0 Å². The topological polar surface area (TPSA) is 73.7 Å². The summed E-state index contributed by atoms with van der Waals surface area (Å²) in [5.74, 6) is 1.02. The van der Waals surface area contributed by atoms with E-state index in [1.165, 1.54) is 14.2 Å². The van der Waals surface area contributed by atoms with Crippen LogP contribution in [0.3, 0.4) is 0 Å². The third-order valence-corrected chi connectivity index (χ3v) is 5.16. The monoisotopic (exact) mass is 423 g/mol. The maximum atomic E-state index is 13.4. The zero-order chi connectivity index (χ0) is 22.5. The second-order valence-corrected chi connectivity index (χ2v) is 7.94. The van der Waals surface area contributed by atoms with E-state index in [2.05, 4.69) is 4.98 Å². The lowest BCUT2D eigenvalue weighted by Crippen LogP contribution is -2.31. The molecule has 0 bridgehead atoms. The first kappa shape index (κ1) is 22.3. The number of pyridine rings is 2. The molecule has 7 heteroatoms. The Bertz CT molecular complexity index is 1120. The summed E-state index contributed by atoms with van der Waals surface area (Å²) in [6.45, 7) is 5.09. The minimum Gasteiger partial charge on any atom is -0.493 e. The molecule has 0 atom stereocenters. The summed E-state index contributed by atoms with van der Waals surface area (Å²) in [4.78, 5) is 32.5. The molecule has 0 fully saturated rings. The molecule has 0 aliphatic rings. The van der Waals surface area contributed by atoms with E-state index in [1.807, 2.05) is 32.0 Å². The Morgan fingerprint density at radius 1 is 1.13 bits per heavy atom. The van der Waals surface area contributed by atoms with Gasteiger partial charge in [-0.3, -0.25) is 14.6 Å². The highest BCUT2D eigenvalue weighted by molar-refractivity contribution is 6.07. The van der Waals surface area contributed by atoms with E-state index in [0.717, 1.165) is 5.69 Å². The van der Waals surface area contributed by atoms with E-state index in [9.17, 15) is 9.59 Å². The summed E-state index contributed by atoms with van der Waals surface area (Å²) in [6, 6.07) is 9.09. The van der Waals surface area contributed by atoms with Crippen LogP contribution in [0.1, 0.15) is 29.9 Å². The van der Waals surface area contributed by atoms with Crippen molar-refractivity contribution in [3.63, 3.8) is 0 Å². The highest BCUT2D eigenvalue weighted by Gasteiger charge is 2.21. The molecule has 3 rings (SSSR count). The number of likely N-dealkylation sites (N-methyl/N-ethyl adjacent to an activating group) is 1. The van der Waals surface area contributed by atoms with E-state index in [4.69, 9.17) is 9.47 Å². The number of benzene rings is 1. The molecule has 0 saturated carbocycles. The van der Waals surface area contributed by atoms with Crippen molar-refractivity contribution in [1.29, 1.82) is 0 Å². The summed E-state index contributed by atoms with van der Waals surface area (Å²) in [5.41, 5.74) is 1.22. The van der Waals surface area contributed by atoms with Crippen LogP contribution in [0, 0.1) is 5.92 Å². The van der Waals surface area contributed by atoms with Crippen LogP contribution >= 0.6 is 0 Å². The van der Waals surface area contributed by atoms with Crippen molar-refractivity contribution < 1.29 is 14.3 Å². The van der Waals surface area contributed by atoms with E-state index < -0.39 is 0 Å². The molecule has 1 amide bonds. The third kappa shape index (κ3) is 4.87. The Morgan fingerprint density at radius 2 is 1.81 bits per heavy atom. The summed E-state index contributed by atoms with van der Waals surface area (Å²) in [5, 5.41) is 0.986. The number of hydrogen-bond acceptors (Lipinski definition) is 5. The normalized spacial score (nSPS) is 11.0. The van der Waals surface area contributed by atoms with E-state index in [0.29, 0.717) is 47.3 Å². The molecular formula is C24H29N3O4. The van der Waals surface area contributed by atoms with Gasteiger partial charge in [0.2, 0.25) is 0 Å². The van der Waals surface area contributed by atoms with Crippen LogP contribution in [0.2, 0.25) is 0 Å². The molecule has 2 heterocycles. The minimum atomic E-state index is -0.161. The number of rotatable bonds is 8. The molecule has 0 radical (unpaired) electrons. The Kier molecular flexibility index (Phi) is 6.95. The van der Waals surface area contributed by atoms with Crippen LogP contribution in [0.25, 0.3) is 10.8 Å². The number of fused-ring (bicyclic) bond motifs is 1. The molecule has 0 saturated heterocycles. The molecule has 2 aromatic heterocycles. The molecule has 0 aliphatic carbocycles. The van der Waals surface area contributed by atoms with Crippen LogP contribution < -0.4 is 15.0 Å². The fourth-order valence-corrected chi connectivity index (χ4v) is 3.55. The van der Waals surface area contributed by atoms with Gasteiger partial charge in [-0.05, 0) is 30.2 Å². The Morgan fingerprint density at radius 3 is 2.39 bits per heavy atom. The number of aromatic nitrogens is 2. The van der Waals surface area contributed by atoms with Crippen molar-refractivity contribution in [2.75, 3.05) is 27.8 Å². The largest absolute Gasteiger partial charge is 0.493 e. The molecule has 164 valence electrons. The van der Waals surface area contributed by atoms with E-state index in [-0.39, 0.29) is 17.4 Å². The average Bonchev–Trinajstić information content (AvgIpc) is 2.78. The van der Waals surface area contributed by atoms with E-state index >= 15 is 0 Å². The maximum Gasteiger partial charge on any atom is 0.258 e. The van der Waals surface area contributed by atoms with Gasteiger partial charge in [-0.15, -0.1) is 0 Å². The van der Waals surface area contributed by atoms with Crippen molar-refractivity contribution in [2.45, 2.75) is 26.8 Å².